The van der Waals surface area contributed by atoms with Crippen molar-refractivity contribution in [3.63, 3.8) is 0 Å². The van der Waals surface area contributed by atoms with Gasteiger partial charge in [-0.25, -0.2) is 0 Å². The molecule has 0 radical (unpaired) electrons. The molecule has 2 rings (SSSR count). The third-order valence-electron chi connectivity index (χ3n) is 3.47. The molecule has 0 bridgehead atoms. The normalized spacial score (nSPS) is 13.8. The fourth-order valence-electron chi connectivity index (χ4n) is 2.47. The number of nitrogens with zero attached hydrogens (tertiary/aromatic N) is 1. The quantitative estimate of drug-likeness (QED) is 0.907. The number of hydrogen-bond acceptors (Lipinski definition) is 2. The predicted molar refractivity (Wildman–Crippen MR) is 79.3 cm³/mol. The van der Waals surface area contributed by atoms with Crippen molar-refractivity contribution in [3.05, 3.63) is 48.0 Å². The van der Waals surface area contributed by atoms with Gasteiger partial charge in [0.05, 0.1) is 6.54 Å². The zero-order valence-electron chi connectivity index (χ0n) is 12.1. The van der Waals surface area contributed by atoms with Crippen LogP contribution in [0.25, 0.3) is 10.8 Å². The van der Waals surface area contributed by atoms with E-state index >= 15 is 0 Å². The highest BCUT2D eigenvalue weighted by Crippen LogP contribution is 2.22. The van der Waals surface area contributed by atoms with Gasteiger partial charge in [-0.1, -0.05) is 36.4 Å². The molecule has 0 aliphatic carbocycles. The minimum absolute atomic E-state index is 0.137. The molecular formula is C16H19F3N2. The summed E-state index contributed by atoms with van der Waals surface area (Å²) in [6.45, 7) is -0.604. The van der Waals surface area contributed by atoms with E-state index in [9.17, 15) is 13.2 Å². The van der Waals surface area contributed by atoms with Crippen molar-refractivity contribution in [1.82, 2.24) is 10.2 Å². The van der Waals surface area contributed by atoms with Crippen molar-refractivity contribution < 1.29 is 13.2 Å². The average molecular weight is 296 g/mol. The Morgan fingerprint density at radius 3 is 2.38 bits per heavy atom. The van der Waals surface area contributed by atoms with Gasteiger partial charge in [0, 0.05) is 12.6 Å². The fraction of sp³-hybridized carbons (Fsp3) is 0.375. The van der Waals surface area contributed by atoms with Crippen LogP contribution >= 0.6 is 0 Å². The van der Waals surface area contributed by atoms with Crippen molar-refractivity contribution in [2.24, 2.45) is 0 Å². The number of hydrogen-bond donors (Lipinski definition) is 1. The van der Waals surface area contributed by atoms with Crippen molar-refractivity contribution in [2.45, 2.75) is 12.2 Å². The second kappa shape index (κ2) is 6.45. The summed E-state index contributed by atoms with van der Waals surface area (Å²) in [6, 6.07) is 13.8. The van der Waals surface area contributed by atoms with Crippen LogP contribution in [0.2, 0.25) is 0 Å². The molecule has 2 aromatic rings. The van der Waals surface area contributed by atoms with Gasteiger partial charge in [-0.3, -0.25) is 4.90 Å². The number of likely N-dealkylation sites (N-methyl/N-ethyl adjacent to an activating group) is 2. The first kappa shape index (κ1) is 15.8. The molecule has 1 N–H and O–H groups in total. The number of nitrogens with one attached hydrogen (secondary N) is 1. The average Bonchev–Trinajstić information content (AvgIpc) is 2.42. The lowest BCUT2D eigenvalue weighted by atomic mass is 10.0. The standard InChI is InChI=1S/C16H19F3N2/c1-20-15(10-21(2)11-16(17,18)19)14-8-7-12-5-3-4-6-13(12)9-14/h3-9,15,20H,10-11H2,1-2H3. The van der Waals surface area contributed by atoms with Gasteiger partial charge in [-0.05, 0) is 36.5 Å². The van der Waals surface area contributed by atoms with Crippen LogP contribution in [-0.2, 0) is 0 Å². The zero-order chi connectivity index (χ0) is 15.5. The van der Waals surface area contributed by atoms with Crippen LogP contribution in [0, 0.1) is 0 Å². The Morgan fingerprint density at radius 1 is 1.10 bits per heavy atom. The van der Waals surface area contributed by atoms with E-state index in [4.69, 9.17) is 0 Å². The maximum Gasteiger partial charge on any atom is 0.401 e. The molecule has 0 heterocycles. The Hall–Kier alpha value is -1.59. The third kappa shape index (κ3) is 4.44. The molecule has 0 spiro atoms. The first-order valence-electron chi connectivity index (χ1n) is 6.80. The van der Waals surface area contributed by atoms with E-state index in [1.54, 1.807) is 7.05 Å². The van der Waals surface area contributed by atoms with Gasteiger partial charge in [0.15, 0.2) is 0 Å². The summed E-state index contributed by atoms with van der Waals surface area (Å²) in [6.07, 6.45) is -4.17. The first-order valence-corrected chi connectivity index (χ1v) is 6.80. The summed E-state index contributed by atoms with van der Waals surface area (Å²) in [5.74, 6) is 0. The Balaban J connectivity index is 2.15. The van der Waals surface area contributed by atoms with E-state index in [2.05, 4.69) is 5.32 Å². The van der Waals surface area contributed by atoms with Crippen LogP contribution in [0.3, 0.4) is 0 Å². The van der Waals surface area contributed by atoms with E-state index in [-0.39, 0.29) is 6.04 Å². The second-order valence-corrected chi connectivity index (χ2v) is 5.26. The molecule has 0 amide bonds. The lowest BCUT2D eigenvalue weighted by Gasteiger charge is -2.25. The van der Waals surface area contributed by atoms with Crippen molar-refractivity contribution in [3.8, 4) is 0 Å². The van der Waals surface area contributed by atoms with Crippen molar-refractivity contribution in [1.29, 1.82) is 0 Å². The lowest BCUT2D eigenvalue weighted by Crippen LogP contribution is -2.37. The van der Waals surface area contributed by atoms with E-state index in [0.29, 0.717) is 6.54 Å². The smallest absolute Gasteiger partial charge is 0.312 e. The summed E-state index contributed by atoms with van der Waals surface area (Å²) in [5.41, 5.74) is 0.991. The molecule has 2 aromatic carbocycles. The van der Waals surface area contributed by atoms with Gasteiger partial charge in [-0.15, -0.1) is 0 Å². The topological polar surface area (TPSA) is 15.3 Å². The number of halogens is 3. The molecule has 2 nitrogen and oxygen atoms in total. The molecule has 1 unspecified atom stereocenters. The molecule has 114 valence electrons. The maximum absolute atomic E-state index is 12.4. The van der Waals surface area contributed by atoms with Crippen LogP contribution < -0.4 is 5.32 Å². The number of rotatable bonds is 5. The summed E-state index contributed by atoms with van der Waals surface area (Å²) in [5, 5.41) is 5.31. The van der Waals surface area contributed by atoms with Crippen LogP contribution in [0.5, 0.6) is 0 Å². The van der Waals surface area contributed by atoms with Crippen LogP contribution in [0.15, 0.2) is 42.5 Å². The van der Waals surface area contributed by atoms with Crippen molar-refractivity contribution >= 4 is 10.8 Å². The molecule has 21 heavy (non-hydrogen) atoms. The number of alkyl halides is 3. The molecule has 0 aliphatic heterocycles. The van der Waals surface area contributed by atoms with Gasteiger partial charge in [0.1, 0.15) is 0 Å². The van der Waals surface area contributed by atoms with Gasteiger partial charge < -0.3 is 5.32 Å². The summed E-state index contributed by atoms with van der Waals surface area (Å²) >= 11 is 0. The van der Waals surface area contributed by atoms with Gasteiger partial charge in [0.25, 0.3) is 0 Å². The SMILES string of the molecule is CNC(CN(C)CC(F)(F)F)c1ccc2ccccc2c1. The van der Waals surface area contributed by atoms with E-state index in [1.165, 1.54) is 11.9 Å². The predicted octanol–water partition coefficient (Wildman–Crippen LogP) is 3.59. The van der Waals surface area contributed by atoms with Gasteiger partial charge >= 0.3 is 6.18 Å². The number of fused-ring (bicyclic) bond motifs is 1. The van der Waals surface area contributed by atoms with Crippen LogP contribution in [-0.4, -0.2) is 38.3 Å². The molecule has 0 saturated heterocycles. The molecule has 0 aliphatic rings. The Bertz CT molecular complexity index is 595. The molecule has 0 aromatic heterocycles. The van der Waals surface area contributed by atoms with Crippen molar-refractivity contribution in [2.75, 3.05) is 27.2 Å². The maximum atomic E-state index is 12.4. The summed E-state index contributed by atoms with van der Waals surface area (Å²) in [4.78, 5) is 1.29. The monoisotopic (exact) mass is 296 g/mol. The minimum atomic E-state index is -4.17. The minimum Gasteiger partial charge on any atom is -0.312 e. The Morgan fingerprint density at radius 2 is 1.76 bits per heavy atom. The highest BCUT2D eigenvalue weighted by atomic mass is 19.4. The zero-order valence-corrected chi connectivity index (χ0v) is 12.1. The van der Waals surface area contributed by atoms with Gasteiger partial charge in [0.2, 0.25) is 0 Å². The fourth-order valence-corrected chi connectivity index (χ4v) is 2.47. The molecule has 0 saturated carbocycles. The molecular weight excluding hydrogens is 277 g/mol. The highest BCUT2D eigenvalue weighted by Gasteiger charge is 2.30. The summed E-state index contributed by atoms with van der Waals surface area (Å²) < 4.78 is 37.2. The Labute approximate surface area is 122 Å². The largest absolute Gasteiger partial charge is 0.401 e. The first-order chi connectivity index (χ1) is 9.89. The van der Waals surface area contributed by atoms with E-state index in [1.807, 2.05) is 42.5 Å². The summed E-state index contributed by atoms with van der Waals surface area (Å²) in [7, 11) is 3.25. The van der Waals surface area contributed by atoms with E-state index < -0.39 is 12.7 Å². The third-order valence-corrected chi connectivity index (χ3v) is 3.47. The highest BCUT2D eigenvalue weighted by molar-refractivity contribution is 5.83. The van der Waals surface area contributed by atoms with E-state index in [0.717, 1.165) is 16.3 Å². The molecule has 0 fully saturated rings. The molecule has 5 heteroatoms. The number of benzene rings is 2. The second-order valence-electron chi connectivity index (χ2n) is 5.26. The molecule has 1 atom stereocenters. The van der Waals surface area contributed by atoms with Crippen LogP contribution in [0.1, 0.15) is 11.6 Å². The van der Waals surface area contributed by atoms with Gasteiger partial charge in [-0.2, -0.15) is 13.2 Å². The van der Waals surface area contributed by atoms with Crippen LogP contribution in [0.4, 0.5) is 13.2 Å². The Kier molecular flexibility index (Phi) is 4.85. The lowest BCUT2D eigenvalue weighted by molar-refractivity contribution is -0.143.